The molecular formula is C15H17F2N3S. The number of benzene rings is 1. The Bertz CT molecular complexity index is 588. The van der Waals surface area contributed by atoms with E-state index in [0.29, 0.717) is 22.5 Å². The van der Waals surface area contributed by atoms with Gasteiger partial charge in [0.25, 0.3) is 0 Å². The normalized spacial score (nSPS) is 11.1. The maximum absolute atomic E-state index is 13.1. The van der Waals surface area contributed by atoms with Crippen LogP contribution in [0, 0.1) is 17.6 Å². The molecule has 0 amide bonds. The van der Waals surface area contributed by atoms with Crippen molar-refractivity contribution in [2.45, 2.75) is 30.4 Å². The van der Waals surface area contributed by atoms with Crippen molar-refractivity contribution in [3.8, 4) is 0 Å². The number of halogens is 2. The third kappa shape index (κ3) is 5.06. The van der Waals surface area contributed by atoms with Gasteiger partial charge in [-0.1, -0.05) is 13.8 Å². The van der Waals surface area contributed by atoms with Gasteiger partial charge in [-0.25, -0.2) is 18.7 Å². The second-order valence-corrected chi connectivity index (χ2v) is 6.12. The van der Waals surface area contributed by atoms with E-state index in [1.54, 1.807) is 12.4 Å². The highest BCUT2D eigenvalue weighted by Gasteiger charge is 2.06. The van der Waals surface area contributed by atoms with E-state index in [0.717, 1.165) is 24.2 Å². The molecule has 0 aliphatic carbocycles. The van der Waals surface area contributed by atoms with Crippen LogP contribution in [0.1, 0.15) is 19.4 Å². The fourth-order valence-corrected chi connectivity index (χ4v) is 2.36. The lowest BCUT2D eigenvalue weighted by Crippen LogP contribution is -2.19. The summed E-state index contributed by atoms with van der Waals surface area (Å²) < 4.78 is 26.0. The van der Waals surface area contributed by atoms with Crippen LogP contribution in [0.25, 0.3) is 0 Å². The molecule has 0 aliphatic heterocycles. The van der Waals surface area contributed by atoms with Gasteiger partial charge in [0.2, 0.25) is 0 Å². The van der Waals surface area contributed by atoms with Gasteiger partial charge in [0.05, 0.1) is 0 Å². The van der Waals surface area contributed by atoms with E-state index in [1.807, 2.05) is 0 Å². The van der Waals surface area contributed by atoms with Gasteiger partial charge in [0.15, 0.2) is 16.8 Å². The lowest BCUT2D eigenvalue weighted by atomic mass is 10.2. The number of aromatic nitrogens is 2. The highest BCUT2D eigenvalue weighted by molar-refractivity contribution is 7.99. The highest BCUT2D eigenvalue weighted by atomic mass is 32.2. The van der Waals surface area contributed by atoms with Gasteiger partial charge in [-0.3, -0.25) is 0 Å². The predicted octanol–water partition coefficient (Wildman–Crippen LogP) is 3.65. The minimum absolute atomic E-state index is 0.508. The van der Waals surface area contributed by atoms with Crippen molar-refractivity contribution >= 4 is 11.8 Å². The molecule has 2 rings (SSSR count). The topological polar surface area (TPSA) is 37.8 Å². The molecule has 0 saturated heterocycles. The Kier molecular flexibility index (Phi) is 5.64. The zero-order valence-corrected chi connectivity index (χ0v) is 12.8. The fourth-order valence-electron chi connectivity index (χ4n) is 1.64. The summed E-state index contributed by atoms with van der Waals surface area (Å²) >= 11 is 1.20. The van der Waals surface area contributed by atoms with Crippen molar-refractivity contribution in [3.63, 3.8) is 0 Å². The van der Waals surface area contributed by atoms with Crippen molar-refractivity contribution in [2.24, 2.45) is 5.92 Å². The van der Waals surface area contributed by atoms with Gasteiger partial charge < -0.3 is 5.32 Å². The number of hydrogen-bond donors (Lipinski definition) is 1. The molecule has 0 aliphatic rings. The van der Waals surface area contributed by atoms with Gasteiger partial charge >= 0.3 is 0 Å². The summed E-state index contributed by atoms with van der Waals surface area (Å²) in [6.45, 7) is 5.94. The third-order valence-electron chi connectivity index (χ3n) is 2.66. The molecule has 0 unspecified atom stereocenters. The highest BCUT2D eigenvalue weighted by Crippen LogP contribution is 2.25. The predicted molar refractivity (Wildman–Crippen MR) is 79.1 cm³/mol. The monoisotopic (exact) mass is 309 g/mol. The average Bonchev–Trinajstić information content (AvgIpc) is 2.44. The Morgan fingerprint density at radius 2 is 1.86 bits per heavy atom. The summed E-state index contributed by atoms with van der Waals surface area (Å²) in [5, 5.41) is 3.81. The summed E-state index contributed by atoms with van der Waals surface area (Å²) in [4.78, 5) is 9.01. The first-order valence-corrected chi connectivity index (χ1v) is 7.51. The summed E-state index contributed by atoms with van der Waals surface area (Å²) in [5.41, 5.74) is 0.991. The van der Waals surface area contributed by atoms with E-state index in [-0.39, 0.29) is 0 Å². The summed E-state index contributed by atoms with van der Waals surface area (Å²) in [6, 6.07) is 3.74. The number of hydrogen-bond acceptors (Lipinski definition) is 4. The van der Waals surface area contributed by atoms with E-state index < -0.39 is 11.6 Å². The van der Waals surface area contributed by atoms with E-state index in [4.69, 9.17) is 0 Å². The maximum Gasteiger partial charge on any atom is 0.192 e. The number of nitrogens with zero attached hydrogens (tertiary/aromatic N) is 2. The van der Waals surface area contributed by atoms with E-state index in [9.17, 15) is 8.78 Å². The molecule has 0 atom stereocenters. The van der Waals surface area contributed by atoms with Crippen molar-refractivity contribution in [3.05, 3.63) is 47.8 Å². The third-order valence-corrected chi connectivity index (χ3v) is 3.55. The van der Waals surface area contributed by atoms with Crippen LogP contribution in [0.15, 0.2) is 40.6 Å². The molecule has 0 radical (unpaired) electrons. The molecule has 6 heteroatoms. The first-order chi connectivity index (χ1) is 10.0. The van der Waals surface area contributed by atoms with Gasteiger partial charge in [0, 0.05) is 29.4 Å². The van der Waals surface area contributed by atoms with Crippen LogP contribution in [0.2, 0.25) is 0 Å². The Balaban J connectivity index is 1.94. The molecule has 1 heterocycles. The fraction of sp³-hybridized carbons (Fsp3) is 0.333. The number of nitrogens with one attached hydrogen (secondary N) is 1. The Morgan fingerprint density at radius 1 is 1.14 bits per heavy atom. The molecule has 21 heavy (non-hydrogen) atoms. The molecule has 3 nitrogen and oxygen atoms in total. The van der Waals surface area contributed by atoms with Crippen molar-refractivity contribution < 1.29 is 8.78 Å². The van der Waals surface area contributed by atoms with Crippen molar-refractivity contribution in [1.82, 2.24) is 15.3 Å². The molecule has 1 N–H and O–H groups in total. The standard InChI is InChI=1S/C15H17F2N3S/c1-10(2)6-18-7-11-8-19-15(20-9-11)21-12-3-4-13(16)14(17)5-12/h3-5,8-10,18H,6-7H2,1-2H3. The van der Waals surface area contributed by atoms with Crippen LogP contribution in [-0.4, -0.2) is 16.5 Å². The minimum Gasteiger partial charge on any atom is -0.312 e. The van der Waals surface area contributed by atoms with E-state index in [1.165, 1.54) is 17.8 Å². The second kappa shape index (κ2) is 7.47. The zero-order chi connectivity index (χ0) is 15.2. The zero-order valence-electron chi connectivity index (χ0n) is 11.9. The minimum atomic E-state index is -0.866. The second-order valence-electron chi connectivity index (χ2n) is 5.08. The Labute approximate surface area is 127 Å². The molecule has 2 aromatic rings. The van der Waals surface area contributed by atoms with Crippen LogP contribution in [0.5, 0.6) is 0 Å². The summed E-state index contributed by atoms with van der Waals surface area (Å²) in [7, 11) is 0. The lowest BCUT2D eigenvalue weighted by molar-refractivity contribution is 0.506. The van der Waals surface area contributed by atoms with Crippen LogP contribution in [0.3, 0.4) is 0 Å². The Hall–Kier alpha value is -1.53. The largest absolute Gasteiger partial charge is 0.312 e. The van der Waals surface area contributed by atoms with Crippen LogP contribution < -0.4 is 5.32 Å². The smallest absolute Gasteiger partial charge is 0.192 e. The van der Waals surface area contributed by atoms with Crippen molar-refractivity contribution in [2.75, 3.05) is 6.54 Å². The maximum atomic E-state index is 13.1. The van der Waals surface area contributed by atoms with Crippen LogP contribution in [0.4, 0.5) is 8.78 Å². The van der Waals surface area contributed by atoms with Gasteiger partial charge in [0.1, 0.15) is 0 Å². The van der Waals surface area contributed by atoms with E-state index >= 15 is 0 Å². The average molecular weight is 309 g/mol. The summed E-state index contributed by atoms with van der Waals surface area (Å²) in [6.07, 6.45) is 3.48. The summed E-state index contributed by atoms with van der Waals surface area (Å²) in [5.74, 6) is -1.13. The van der Waals surface area contributed by atoms with Gasteiger partial charge in [-0.2, -0.15) is 0 Å². The molecule has 1 aromatic heterocycles. The Morgan fingerprint density at radius 3 is 2.48 bits per heavy atom. The first-order valence-electron chi connectivity index (χ1n) is 6.69. The molecule has 0 saturated carbocycles. The van der Waals surface area contributed by atoms with Gasteiger partial charge in [-0.15, -0.1) is 0 Å². The van der Waals surface area contributed by atoms with E-state index in [2.05, 4.69) is 29.1 Å². The molecular weight excluding hydrogens is 292 g/mol. The van der Waals surface area contributed by atoms with Crippen molar-refractivity contribution in [1.29, 1.82) is 0 Å². The quantitative estimate of drug-likeness (QED) is 0.827. The molecule has 112 valence electrons. The van der Waals surface area contributed by atoms with Gasteiger partial charge in [-0.05, 0) is 42.4 Å². The molecule has 1 aromatic carbocycles. The molecule has 0 spiro atoms. The van der Waals surface area contributed by atoms with Crippen LogP contribution >= 0.6 is 11.8 Å². The number of rotatable bonds is 6. The lowest BCUT2D eigenvalue weighted by Gasteiger charge is -2.07. The van der Waals surface area contributed by atoms with Crippen LogP contribution in [-0.2, 0) is 6.54 Å². The molecule has 0 bridgehead atoms. The SMILES string of the molecule is CC(C)CNCc1cnc(Sc2ccc(F)c(F)c2)nc1. The first kappa shape index (κ1) is 15.9. The molecule has 0 fully saturated rings.